The van der Waals surface area contributed by atoms with E-state index in [-0.39, 0.29) is 18.3 Å². The number of halogens is 1. The first-order chi connectivity index (χ1) is 7.70. The van der Waals surface area contributed by atoms with Crippen LogP contribution in [0.4, 0.5) is 10.4 Å². The van der Waals surface area contributed by atoms with E-state index >= 15 is 0 Å². The average Bonchev–Trinajstić information content (AvgIpc) is 2.78. The first-order valence-corrected chi connectivity index (χ1v) is 5.20. The van der Waals surface area contributed by atoms with Gasteiger partial charge in [-0.3, -0.25) is 4.39 Å². The number of aromatic nitrogens is 1. The number of nitrogens with zero attached hydrogens (tertiary/aromatic N) is 2. The maximum absolute atomic E-state index is 12.4. The first kappa shape index (κ1) is 10.9. The Kier molecular flexibility index (Phi) is 3.07. The molecule has 1 aliphatic rings. The summed E-state index contributed by atoms with van der Waals surface area (Å²) in [6, 6.07) is 0.315. The summed E-state index contributed by atoms with van der Waals surface area (Å²) < 4.78 is 17.5. The number of carbonyl (C=O) groups is 1. The fourth-order valence-electron chi connectivity index (χ4n) is 1.79. The molecular weight excluding hydrogens is 215 g/mol. The number of oxazole rings is 1. The number of aromatic carboxylic acids is 1. The van der Waals surface area contributed by atoms with Crippen molar-refractivity contribution >= 4 is 12.0 Å². The Hall–Kier alpha value is -1.59. The quantitative estimate of drug-likeness (QED) is 0.850. The van der Waals surface area contributed by atoms with E-state index in [2.05, 4.69) is 4.98 Å². The highest BCUT2D eigenvalue weighted by atomic mass is 19.1. The summed E-state index contributed by atoms with van der Waals surface area (Å²) in [5, 5.41) is 8.69. The molecule has 1 fully saturated rings. The van der Waals surface area contributed by atoms with Crippen LogP contribution in [0.3, 0.4) is 0 Å². The molecule has 2 rings (SSSR count). The molecule has 0 spiro atoms. The van der Waals surface area contributed by atoms with Gasteiger partial charge in [-0.15, -0.1) is 0 Å². The lowest BCUT2D eigenvalue weighted by atomic mass is 9.99. The minimum absolute atomic E-state index is 0.0948. The van der Waals surface area contributed by atoms with E-state index in [9.17, 15) is 9.18 Å². The lowest BCUT2D eigenvalue weighted by Gasteiger charge is -2.29. The van der Waals surface area contributed by atoms with Crippen LogP contribution in [0.2, 0.25) is 0 Å². The van der Waals surface area contributed by atoms with Gasteiger partial charge in [0, 0.05) is 13.1 Å². The van der Waals surface area contributed by atoms with E-state index in [1.165, 1.54) is 0 Å². The second-order valence-electron chi connectivity index (χ2n) is 3.91. The van der Waals surface area contributed by atoms with Crippen molar-refractivity contribution < 1.29 is 18.7 Å². The molecule has 0 unspecified atom stereocenters. The Labute approximate surface area is 91.9 Å². The predicted molar refractivity (Wildman–Crippen MR) is 54.4 cm³/mol. The van der Waals surface area contributed by atoms with E-state index < -0.39 is 5.97 Å². The van der Waals surface area contributed by atoms with Gasteiger partial charge in [0.2, 0.25) is 0 Å². The third-order valence-corrected chi connectivity index (χ3v) is 2.81. The fourth-order valence-corrected chi connectivity index (χ4v) is 1.79. The number of carboxylic acid groups (broad SMARTS) is 1. The van der Waals surface area contributed by atoms with Crippen molar-refractivity contribution in [2.24, 2.45) is 5.92 Å². The Morgan fingerprint density at radius 3 is 2.81 bits per heavy atom. The van der Waals surface area contributed by atoms with Crippen LogP contribution in [0.25, 0.3) is 0 Å². The molecule has 1 aliphatic heterocycles. The van der Waals surface area contributed by atoms with Gasteiger partial charge in [0.1, 0.15) is 6.26 Å². The molecule has 5 nitrogen and oxygen atoms in total. The molecule has 88 valence electrons. The summed E-state index contributed by atoms with van der Waals surface area (Å²) in [7, 11) is 0. The highest BCUT2D eigenvalue weighted by Crippen LogP contribution is 2.22. The van der Waals surface area contributed by atoms with Crippen LogP contribution >= 0.6 is 0 Å². The third kappa shape index (κ3) is 2.15. The lowest BCUT2D eigenvalue weighted by molar-refractivity contribution is 0.0690. The number of hydrogen-bond donors (Lipinski definition) is 1. The Balaban J connectivity index is 2.00. The molecule has 1 aromatic rings. The summed E-state index contributed by atoms with van der Waals surface area (Å²) in [5.74, 6) is -0.987. The molecule has 1 N–H and O–H groups in total. The molecule has 0 aromatic carbocycles. The number of carboxylic acids is 1. The summed E-state index contributed by atoms with van der Waals surface area (Å²) in [6.07, 6.45) is 2.63. The largest absolute Gasteiger partial charge is 0.476 e. The zero-order chi connectivity index (χ0) is 11.5. The van der Waals surface area contributed by atoms with Crippen LogP contribution < -0.4 is 4.90 Å². The fraction of sp³-hybridized carbons (Fsp3) is 0.600. The van der Waals surface area contributed by atoms with Gasteiger partial charge < -0.3 is 14.4 Å². The van der Waals surface area contributed by atoms with Crippen molar-refractivity contribution in [2.75, 3.05) is 24.7 Å². The zero-order valence-corrected chi connectivity index (χ0v) is 8.73. The normalized spacial score (nSPS) is 17.7. The van der Waals surface area contributed by atoms with Crippen molar-refractivity contribution in [2.45, 2.75) is 12.8 Å². The van der Waals surface area contributed by atoms with E-state index in [0.717, 1.165) is 19.1 Å². The molecule has 0 aliphatic carbocycles. The van der Waals surface area contributed by atoms with Gasteiger partial charge in [-0.05, 0) is 18.8 Å². The maximum Gasteiger partial charge on any atom is 0.357 e. The Morgan fingerprint density at radius 2 is 2.31 bits per heavy atom. The molecule has 2 heterocycles. The summed E-state index contributed by atoms with van der Waals surface area (Å²) in [5.41, 5.74) is -0.0948. The minimum Gasteiger partial charge on any atom is -0.476 e. The monoisotopic (exact) mass is 228 g/mol. The van der Waals surface area contributed by atoms with Crippen molar-refractivity contribution in [3.05, 3.63) is 12.0 Å². The van der Waals surface area contributed by atoms with Gasteiger partial charge >= 0.3 is 5.97 Å². The molecule has 1 saturated heterocycles. The van der Waals surface area contributed by atoms with Crippen molar-refractivity contribution in [3.8, 4) is 0 Å². The SMILES string of the molecule is O=C(O)c1coc(N2CCC(CF)CC2)n1. The van der Waals surface area contributed by atoms with Gasteiger partial charge in [-0.2, -0.15) is 4.98 Å². The second kappa shape index (κ2) is 4.51. The van der Waals surface area contributed by atoms with Crippen LogP contribution in [0, 0.1) is 5.92 Å². The van der Waals surface area contributed by atoms with Crippen LogP contribution in [-0.2, 0) is 0 Å². The number of piperidine rings is 1. The highest BCUT2D eigenvalue weighted by Gasteiger charge is 2.23. The highest BCUT2D eigenvalue weighted by molar-refractivity contribution is 5.85. The van der Waals surface area contributed by atoms with Gasteiger partial charge in [0.05, 0.1) is 6.67 Å². The van der Waals surface area contributed by atoms with E-state index in [0.29, 0.717) is 19.1 Å². The predicted octanol–water partition coefficient (Wildman–Crippen LogP) is 1.56. The smallest absolute Gasteiger partial charge is 0.357 e. The van der Waals surface area contributed by atoms with Crippen LogP contribution in [0.15, 0.2) is 10.7 Å². The van der Waals surface area contributed by atoms with Crippen molar-refractivity contribution in [1.82, 2.24) is 4.98 Å². The van der Waals surface area contributed by atoms with Crippen molar-refractivity contribution in [3.63, 3.8) is 0 Å². The van der Waals surface area contributed by atoms with Crippen LogP contribution in [0.5, 0.6) is 0 Å². The maximum atomic E-state index is 12.4. The van der Waals surface area contributed by atoms with Gasteiger partial charge in [-0.25, -0.2) is 4.79 Å². The van der Waals surface area contributed by atoms with Gasteiger partial charge in [-0.1, -0.05) is 0 Å². The first-order valence-electron chi connectivity index (χ1n) is 5.20. The molecule has 0 saturated carbocycles. The van der Waals surface area contributed by atoms with Gasteiger partial charge in [0.15, 0.2) is 5.69 Å². The van der Waals surface area contributed by atoms with E-state index in [1.54, 1.807) is 0 Å². The minimum atomic E-state index is -1.10. The summed E-state index contributed by atoms with van der Waals surface area (Å²) in [4.78, 5) is 16.3. The average molecular weight is 228 g/mol. The number of hydrogen-bond acceptors (Lipinski definition) is 4. The van der Waals surface area contributed by atoms with Gasteiger partial charge in [0.25, 0.3) is 6.01 Å². The van der Waals surface area contributed by atoms with E-state index in [4.69, 9.17) is 9.52 Å². The van der Waals surface area contributed by atoms with Crippen LogP contribution in [-0.4, -0.2) is 35.8 Å². The molecule has 16 heavy (non-hydrogen) atoms. The lowest BCUT2D eigenvalue weighted by Crippen LogP contribution is -2.34. The Bertz CT molecular complexity index is 372. The molecule has 1 aromatic heterocycles. The standard InChI is InChI=1S/C10H13FN2O3/c11-5-7-1-3-13(4-2-7)10-12-8(6-16-10)9(14)15/h6-7H,1-5H2,(H,14,15). The third-order valence-electron chi connectivity index (χ3n) is 2.81. The molecular formula is C10H13FN2O3. The zero-order valence-electron chi connectivity index (χ0n) is 8.73. The summed E-state index contributed by atoms with van der Waals surface area (Å²) >= 11 is 0. The number of rotatable bonds is 3. The van der Waals surface area contributed by atoms with Crippen molar-refractivity contribution in [1.29, 1.82) is 0 Å². The topological polar surface area (TPSA) is 66.6 Å². The second-order valence-corrected chi connectivity index (χ2v) is 3.91. The molecule has 0 radical (unpaired) electrons. The molecule has 0 amide bonds. The number of anilines is 1. The van der Waals surface area contributed by atoms with Crippen LogP contribution in [0.1, 0.15) is 23.3 Å². The molecule has 0 bridgehead atoms. The Morgan fingerprint density at radius 1 is 1.62 bits per heavy atom. The van der Waals surface area contributed by atoms with E-state index in [1.807, 2.05) is 4.90 Å². The number of alkyl halides is 1. The molecule has 6 heteroatoms. The molecule has 0 atom stereocenters. The summed E-state index contributed by atoms with van der Waals surface area (Å²) in [6.45, 7) is 1.03.